The van der Waals surface area contributed by atoms with Crippen LogP contribution in [0.3, 0.4) is 0 Å². The van der Waals surface area contributed by atoms with E-state index in [1.54, 1.807) is 7.11 Å². The van der Waals surface area contributed by atoms with Gasteiger partial charge in [-0.3, -0.25) is 4.79 Å². The van der Waals surface area contributed by atoms with Gasteiger partial charge in [0.1, 0.15) is 5.75 Å². The van der Waals surface area contributed by atoms with Crippen molar-refractivity contribution in [1.82, 2.24) is 10.2 Å². The molecule has 1 aromatic rings. The second kappa shape index (κ2) is 10.5. The molecule has 0 aromatic heterocycles. The standard InChI is InChI=1S/C23H35N3O3/c1-3-17-16-26(23(28)25-20-10-7-11-21(15-20)29-2)13-12-18(17)14-22(27)24-19-8-5-4-6-9-19/h7,10-11,15,17-19H,3-6,8-9,12-14,16H2,1-2H3,(H,24,27)(H,25,28)/t17-,18+/m1/s1. The van der Waals surface area contributed by atoms with Crippen molar-refractivity contribution in [2.45, 2.75) is 64.3 Å². The van der Waals surface area contributed by atoms with Crippen LogP contribution in [-0.2, 0) is 4.79 Å². The third-order valence-corrected chi connectivity index (χ3v) is 6.44. The van der Waals surface area contributed by atoms with Crippen LogP contribution in [0.15, 0.2) is 24.3 Å². The van der Waals surface area contributed by atoms with E-state index in [1.807, 2.05) is 29.2 Å². The molecule has 160 valence electrons. The highest BCUT2D eigenvalue weighted by molar-refractivity contribution is 5.89. The van der Waals surface area contributed by atoms with Crippen molar-refractivity contribution < 1.29 is 14.3 Å². The molecule has 2 aliphatic rings. The lowest BCUT2D eigenvalue weighted by Gasteiger charge is -2.38. The number of hydrogen-bond acceptors (Lipinski definition) is 3. The fourth-order valence-electron chi connectivity index (χ4n) is 4.67. The molecule has 0 unspecified atom stereocenters. The van der Waals surface area contributed by atoms with Crippen molar-refractivity contribution in [2.75, 3.05) is 25.5 Å². The van der Waals surface area contributed by atoms with E-state index in [4.69, 9.17) is 4.74 Å². The molecule has 2 fully saturated rings. The summed E-state index contributed by atoms with van der Waals surface area (Å²) >= 11 is 0. The van der Waals surface area contributed by atoms with Gasteiger partial charge in [-0.05, 0) is 43.2 Å². The molecule has 2 N–H and O–H groups in total. The van der Waals surface area contributed by atoms with Crippen molar-refractivity contribution >= 4 is 17.6 Å². The van der Waals surface area contributed by atoms with Crippen molar-refractivity contribution in [3.63, 3.8) is 0 Å². The van der Waals surface area contributed by atoms with Gasteiger partial charge in [0.25, 0.3) is 0 Å². The molecule has 3 amide bonds. The van der Waals surface area contributed by atoms with E-state index in [0.29, 0.717) is 37.4 Å². The fraction of sp³-hybridized carbons (Fsp3) is 0.652. The Bertz CT molecular complexity index is 688. The van der Waals surface area contributed by atoms with Crippen LogP contribution in [0.5, 0.6) is 5.75 Å². The van der Waals surface area contributed by atoms with Gasteiger partial charge in [-0.15, -0.1) is 0 Å². The van der Waals surface area contributed by atoms with Crippen molar-refractivity contribution in [1.29, 1.82) is 0 Å². The van der Waals surface area contributed by atoms with Crippen LogP contribution >= 0.6 is 0 Å². The first-order valence-corrected chi connectivity index (χ1v) is 11.1. The quantitative estimate of drug-likeness (QED) is 0.741. The van der Waals surface area contributed by atoms with Gasteiger partial charge >= 0.3 is 6.03 Å². The minimum Gasteiger partial charge on any atom is -0.497 e. The van der Waals surface area contributed by atoms with Crippen LogP contribution in [0.4, 0.5) is 10.5 Å². The first-order valence-electron chi connectivity index (χ1n) is 11.1. The molecule has 3 rings (SSSR count). The van der Waals surface area contributed by atoms with Crippen LogP contribution in [0.25, 0.3) is 0 Å². The molecule has 0 bridgehead atoms. The Morgan fingerprint density at radius 3 is 2.66 bits per heavy atom. The molecule has 6 heteroatoms. The Kier molecular flexibility index (Phi) is 7.78. The number of amides is 3. The van der Waals surface area contributed by atoms with Gasteiger partial charge in [-0.25, -0.2) is 4.79 Å². The summed E-state index contributed by atoms with van der Waals surface area (Å²) in [4.78, 5) is 27.1. The molecule has 1 aromatic carbocycles. The van der Waals surface area contributed by atoms with Gasteiger partial charge in [0.15, 0.2) is 0 Å². The minimum atomic E-state index is -0.0817. The molecule has 0 radical (unpaired) electrons. The molecule has 6 nitrogen and oxygen atoms in total. The Hall–Kier alpha value is -2.24. The van der Waals surface area contributed by atoms with Crippen molar-refractivity contribution in [3.05, 3.63) is 24.3 Å². The number of piperidine rings is 1. The van der Waals surface area contributed by atoms with Gasteiger partial charge in [0.2, 0.25) is 5.91 Å². The largest absolute Gasteiger partial charge is 0.497 e. The number of hydrogen-bond donors (Lipinski definition) is 2. The van der Waals surface area contributed by atoms with E-state index in [-0.39, 0.29) is 11.9 Å². The topological polar surface area (TPSA) is 70.7 Å². The summed E-state index contributed by atoms with van der Waals surface area (Å²) in [5.41, 5.74) is 0.733. The van der Waals surface area contributed by atoms with Crippen molar-refractivity contribution in [3.8, 4) is 5.75 Å². The zero-order valence-corrected chi connectivity index (χ0v) is 17.8. The number of benzene rings is 1. The number of rotatable bonds is 6. The Morgan fingerprint density at radius 1 is 1.14 bits per heavy atom. The molecular formula is C23H35N3O3. The highest BCUT2D eigenvalue weighted by atomic mass is 16.5. The van der Waals surface area contributed by atoms with E-state index in [0.717, 1.165) is 37.1 Å². The molecule has 1 heterocycles. The van der Waals surface area contributed by atoms with E-state index in [1.165, 1.54) is 19.3 Å². The molecule has 0 spiro atoms. The van der Waals surface area contributed by atoms with Crippen LogP contribution in [-0.4, -0.2) is 43.1 Å². The lowest BCUT2D eigenvalue weighted by molar-refractivity contribution is -0.123. The zero-order chi connectivity index (χ0) is 20.6. The second-order valence-corrected chi connectivity index (χ2v) is 8.43. The highest BCUT2D eigenvalue weighted by Crippen LogP contribution is 2.30. The fourth-order valence-corrected chi connectivity index (χ4v) is 4.67. The second-order valence-electron chi connectivity index (χ2n) is 8.43. The summed E-state index contributed by atoms with van der Waals surface area (Å²) in [6, 6.07) is 7.68. The van der Waals surface area contributed by atoms with Crippen molar-refractivity contribution in [2.24, 2.45) is 11.8 Å². The van der Waals surface area contributed by atoms with Crippen LogP contribution in [0, 0.1) is 11.8 Å². The van der Waals surface area contributed by atoms with E-state index >= 15 is 0 Å². The monoisotopic (exact) mass is 401 g/mol. The number of anilines is 1. The molecule has 1 aliphatic heterocycles. The summed E-state index contributed by atoms with van der Waals surface area (Å²) in [6.07, 6.45) is 8.41. The average molecular weight is 402 g/mol. The number of methoxy groups -OCH3 is 1. The molecule has 29 heavy (non-hydrogen) atoms. The number of urea groups is 1. The third kappa shape index (κ3) is 6.12. The number of ether oxygens (including phenoxy) is 1. The number of nitrogens with one attached hydrogen (secondary N) is 2. The van der Waals surface area contributed by atoms with Crippen LogP contribution in [0.2, 0.25) is 0 Å². The predicted molar refractivity (Wildman–Crippen MR) is 115 cm³/mol. The first-order chi connectivity index (χ1) is 14.1. The summed E-state index contributed by atoms with van der Waals surface area (Å²) in [5, 5.41) is 6.21. The van der Waals surface area contributed by atoms with Gasteiger partial charge in [-0.2, -0.15) is 0 Å². The predicted octanol–water partition coefficient (Wildman–Crippen LogP) is 4.41. The number of carbonyl (C=O) groups excluding carboxylic acids is 2. The zero-order valence-electron chi connectivity index (χ0n) is 17.8. The Morgan fingerprint density at radius 2 is 1.93 bits per heavy atom. The van der Waals surface area contributed by atoms with Gasteiger partial charge in [0, 0.05) is 37.3 Å². The Balaban J connectivity index is 1.50. The molecule has 1 aliphatic carbocycles. The third-order valence-electron chi connectivity index (χ3n) is 6.44. The smallest absolute Gasteiger partial charge is 0.321 e. The Labute approximate surface area is 174 Å². The summed E-state index contributed by atoms with van der Waals surface area (Å²) in [7, 11) is 1.61. The SMILES string of the molecule is CC[C@@H]1CN(C(=O)Nc2cccc(OC)c2)CC[C@H]1CC(=O)NC1CCCCC1. The van der Waals surface area contributed by atoms with E-state index < -0.39 is 0 Å². The van der Waals surface area contributed by atoms with E-state index in [9.17, 15) is 9.59 Å². The lowest BCUT2D eigenvalue weighted by Crippen LogP contribution is -2.47. The van der Waals surface area contributed by atoms with Gasteiger partial charge < -0.3 is 20.3 Å². The molecule has 1 saturated carbocycles. The summed E-state index contributed by atoms with van der Waals surface area (Å²) < 4.78 is 5.22. The molecule has 1 saturated heterocycles. The molecular weight excluding hydrogens is 366 g/mol. The van der Waals surface area contributed by atoms with Gasteiger partial charge in [0.05, 0.1) is 7.11 Å². The maximum Gasteiger partial charge on any atom is 0.321 e. The maximum absolute atomic E-state index is 12.7. The number of nitrogens with zero attached hydrogens (tertiary/aromatic N) is 1. The maximum atomic E-state index is 12.7. The minimum absolute atomic E-state index is 0.0817. The summed E-state index contributed by atoms with van der Waals surface area (Å²) in [5.74, 6) is 1.62. The average Bonchev–Trinajstić information content (AvgIpc) is 2.74. The van der Waals surface area contributed by atoms with Crippen LogP contribution in [0.1, 0.15) is 58.3 Å². The van der Waals surface area contributed by atoms with Crippen LogP contribution < -0.4 is 15.4 Å². The normalized spacial score (nSPS) is 22.8. The molecule has 2 atom stereocenters. The summed E-state index contributed by atoms with van der Waals surface area (Å²) in [6.45, 7) is 3.54. The number of likely N-dealkylation sites (tertiary alicyclic amines) is 1. The van der Waals surface area contributed by atoms with Gasteiger partial charge in [-0.1, -0.05) is 38.7 Å². The highest BCUT2D eigenvalue weighted by Gasteiger charge is 2.32. The van der Waals surface area contributed by atoms with E-state index in [2.05, 4.69) is 17.6 Å². The lowest BCUT2D eigenvalue weighted by atomic mass is 9.81. The first kappa shape index (κ1) is 21.5. The number of carbonyl (C=O) groups is 2.